The minimum atomic E-state index is -0.203. The molecule has 0 aliphatic carbocycles. The molecule has 1 aliphatic rings. The summed E-state index contributed by atoms with van der Waals surface area (Å²) >= 11 is 0. The molecular weight excluding hydrogens is 186 g/mol. The van der Waals surface area contributed by atoms with Crippen LogP contribution in [-0.4, -0.2) is 30.3 Å². The quantitative estimate of drug-likeness (QED) is 0.669. The molecule has 1 heterocycles. The topological polar surface area (TPSA) is 20.3 Å². The third-order valence-electron chi connectivity index (χ3n) is 3.65. The predicted molar refractivity (Wildman–Crippen MR) is 63.8 cm³/mol. The summed E-state index contributed by atoms with van der Waals surface area (Å²) in [6.07, 6.45) is 2.41. The molecule has 3 atom stereocenters. The molecule has 0 amide bonds. The van der Waals surface area contributed by atoms with Crippen molar-refractivity contribution in [1.29, 1.82) is 0 Å². The van der Waals surface area contributed by atoms with Gasteiger partial charge in [0.15, 0.2) is 0 Å². The monoisotopic (exact) mass is 211 g/mol. The summed E-state index contributed by atoms with van der Waals surface area (Å²) in [4.78, 5) is 13.4. The highest BCUT2D eigenvalue weighted by atomic mass is 16.1. The first-order valence-electron chi connectivity index (χ1n) is 6.06. The van der Waals surface area contributed by atoms with E-state index in [0.29, 0.717) is 6.04 Å². The minimum absolute atomic E-state index is 0.203. The molecule has 1 saturated heterocycles. The van der Waals surface area contributed by atoms with Crippen LogP contribution in [0.4, 0.5) is 0 Å². The average Bonchev–Trinajstić information content (AvgIpc) is 2.13. The molecule has 0 saturated carbocycles. The lowest BCUT2D eigenvalue weighted by atomic mass is 9.84. The Balaban J connectivity index is 2.63. The number of rotatable bonds is 3. The Morgan fingerprint density at radius 1 is 1.33 bits per heavy atom. The Morgan fingerprint density at radius 3 is 2.47 bits per heavy atom. The lowest BCUT2D eigenvalue weighted by molar-refractivity contribution is -0.116. The molecule has 0 aromatic heterocycles. The van der Waals surface area contributed by atoms with Crippen LogP contribution < -0.4 is 0 Å². The number of hydrogen-bond acceptors (Lipinski definition) is 2. The molecule has 0 aromatic rings. The first-order chi connectivity index (χ1) is 6.85. The molecule has 88 valence electrons. The van der Waals surface area contributed by atoms with Gasteiger partial charge >= 0.3 is 0 Å². The van der Waals surface area contributed by atoms with E-state index in [1.54, 1.807) is 0 Å². The van der Waals surface area contributed by atoms with Gasteiger partial charge in [-0.05, 0) is 25.2 Å². The largest absolute Gasteiger partial charge is 0.303 e. The van der Waals surface area contributed by atoms with Crippen molar-refractivity contribution in [3.63, 3.8) is 0 Å². The van der Waals surface area contributed by atoms with Crippen molar-refractivity contribution in [2.45, 2.75) is 47.1 Å². The van der Waals surface area contributed by atoms with Gasteiger partial charge in [-0.2, -0.15) is 0 Å². The predicted octanol–water partition coefficient (Wildman–Crippen LogP) is 2.58. The molecule has 0 bridgehead atoms. The number of aldehydes is 1. The highest BCUT2D eigenvalue weighted by Crippen LogP contribution is 2.29. The highest BCUT2D eigenvalue weighted by molar-refractivity contribution is 5.58. The summed E-state index contributed by atoms with van der Waals surface area (Å²) in [5.41, 5.74) is -0.203. The van der Waals surface area contributed by atoms with Gasteiger partial charge in [0.05, 0.1) is 0 Å². The van der Waals surface area contributed by atoms with Crippen LogP contribution in [0.2, 0.25) is 0 Å². The first-order valence-corrected chi connectivity index (χ1v) is 6.06. The molecule has 1 fully saturated rings. The van der Waals surface area contributed by atoms with E-state index in [-0.39, 0.29) is 5.41 Å². The molecule has 0 spiro atoms. The van der Waals surface area contributed by atoms with Crippen LogP contribution in [0.15, 0.2) is 0 Å². The second kappa shape index (κ2) is 4.65. The summed E-state index contributed by atoms with van der Waals surface area (Å²) < 4.78 is 0. The summed E-state index contributed by atoms with van der Waals surface area (Å²) in [6, 6.07) is 0.612. The fourth-order valence-corrected chi connectivity index (χ4v) is 2.60. The van der Waals surface area contributed by atoms with Gasteiger partial charge in [-0.15, -0.1) is 0 Å². The van der Waals surface area contributed by atoms with Crippen LogP contribution in [0.3, 0.4) is 0 Å². The normalized spacial score (nSPS) is 34.1. The van der Waals surface area contributed by atoms with Gasteiger partial charge in [0.1, 0.15) is 6.29 Å². The SMILES string of the molecule is CC1CC(C)C(C)N(CC(C)(C)C=O)C1. The maximum absolute atomic E-state index is 10.9. The van der Waals surface area contributed by atoms with Crippen molar-refractivity contribution in [3.8, 4) is 0 Å². The van der Waals surface area contributed by atoms with Crippen molar-refractivity contribution in [2.24, 2.45) is 17.3 Å². The summed E-state index contributed by atoms with van der Waals surface area (Å²) in [6.45, 7) is 13.0. The molecule has 3 unspecified atom stereocenters. The lowest BCUT2D eigenvalue weighted by Crippen LogP contribution is -2.49. The van der Waals surface area contributed by atoms with Crippen molar-refractivity contribution in [2.75, 3.05) is 13.1 Å². The fraction of sp³-hybridized carbons (Fsp3) is 0.923. The van der Waals surface area contributed by atoms with Gasteiger partial charge in [-0.3, -0.25) is 4.90 Å². The van der Waals surface area contributed by atoms with E-state index in [0.717, 1.165) is 31.2 Å². The lowest BCUT2D eigenvalue weighted by Gasteiger charge is -2.43. The molecule has 15 heavy (non-hydrogen) atoms. The second-order valence-electron chi connectivity index (χ2n) is 6.09. The number of piperidine rings is 1. The van der Waals surface area contributed by atoms with E-state index >= 15 is 0 Å². The molecule has 2 heteroatoms. The third kappa shape index (κ3) is 3.30. The summed E-state index contributed by atoms with van der Waals surface area (Å²) in [7, 11) is 0. The number of nitrogens with zero attached hydrogens (tertiary/aromatic N) is 1. The zero-order chi connectivity index (χ0) is 11.6. The van der Waals surface area contributed by atoms with Crippen LogP contribution in [0, 0.1) is 17.3 Å². The van der Waals surface area contributed by atoms with Gasteiger partial charge < -0.3 is 4.79 Å². The molecule has 2 nitrogen and oxygen atoms in total. The van der Waals surface area contributed by atoms with Gasteiger partial charge in [0.2, 0.25) is 0 Å². The number of carbonyl (C=O) groups is 1. The second-order valence-corrected chi connectivity index (χ2v) is 6.09. The molecule has 1 rings (SSSR count). The maximum atomic E-state index is 10.9. The van der Waals surface area contributed by atoms with Crippen molar-refractivity contribution < 1.29 is 4.79 Å². The van der Waals surface area contributed by atoms with Gasteiger partial charge in [-0.1, -0.05) is 27.7 Å². The first kappa shape index (κ1) is 12.7. The van der Waals surface area contributed by atoms with E-state index < -0.39 is 0 Å². The van der Waals surface area contributed by atoms with Crippen LogP contribution in [0.5, 0.6) is 0 Å². The molecule has 0 N–H and O–H groups in total. The minimum Gasteiger partial charge on any atom is -0.303 e. The Kier molecular flexibility index (Phi) is 3.93. The summed E-state index contributed by atoms with van der Waals surface area (Å²) in [5, 5.41) is 0. The van der Waals surface area contributed by atoms with E-state index in [2.05, 4.69) is 25.7 Å². The highest BCUT2D eigenvalue weighted by Gasteiger charge is 2.32. The fourth-order valence-electron chi connectivity index (χ4n) is 2.60. The Hall–Kier alpha value is -0.370. The van der Waals surface area contributed by atoms with Crippen LogP contribution in [0.1, 0.15) is 41.0 Å². The Bertz CT molecular complexity index is 225. The Labute approximate surface area is 94.0 Å². The standard InChI is InChI=1S/C13H25NO/c1-10-6-11(2)12(3)14(7-10)8-13(4,5)9-15/h9-12H,6-8H2,1-5H3. The van der Waals surface area contributed by atoms with E-state index in [1.165, 1.54) is 6.42 Å². The van der Waals surface area contributed by atoms with Crippen LogP contribution >= 0.6 is 0 Å². The van der Waals surface area contributed by atoms with E-state index in [1.807, 2.05) is 13.8 Å². The van der Waals surface area contributed by atoms with Crippen molar-refractivity contribution >= 4 is 6.29 Å². The smallest absolute Gasteiger partial charge is 0.126 e. The zero-order valence-corrected chi connectivity index (χ0v) is 10.8. The number of hydrogen-bond donors (Lipinski definition) is 0. The van der Waals surface area contributed by atoms with Gasteiger partial charge in [0.25, 0.3) is 0 Å². The van der Waals surface area contributed by atoms with Gasteiger partial charge in [-0.25, -0.2) is 0 Å². The van der Waals surface area contributed by atoms with Crippen molar-refractivity contribution in [1.82, 2.24) is 4.90 Å². The number of likely N-dealkylation sites (tertiary alicyclic amines) is 1. The molecular formula is C13H25NO. The third-order valence-corrected chi connectivity index (χ3v) is 3.65. The molecule has 0 aromatic carbocycles. The average molecular weight is 211 g/mol. The van der Waals surface area contributed by atoms with Gasteiger partial charge in [0, 0.05) is 24.5 Å². The van der Waals surface area contributed by atoms with Crippen molar-refractivity contribution in [3.05, 3.63) is 0 Å². The van der Waals surface area contributed by atoms with Crippen LogP contribution in [-0.2, 0) is 4.79 Å². The van der Waals surface area contributed by atoms with Crippen LogP contribution in [0.25, 0.3) is 0 Å². The summed E-state index contributed by atoms with van der Waals surface area (Å²) in [5.74, 6) is 1.51. The Morgan fingerprint density at radius 2 is 1.93 bits per heavy atom. The van der Waals surface area contributed by atoms with E-state index in [4.69, 9.17) is 0 Å². The molecule has 0 radical (unpaired) electrons. The molecule has 1 aliphatic heterocycles. The number of carbonyl (C=O) groups excluding carboxylic acids is 1. The van der Waals surface area contributed by atoms with E-state index in [9.17, 15) is 4.79 Å². The maximum Gasteiger partial charge on any atom is 0.126 e. The zero-order valence-electron chi connectivity index (χ0n) is 10.8.